The van der Waals surface area contributed by atoms with Crippen LogP contribution in [0.1, 0.15) is 16.8 Å². The molecular weight excluding hydrogens is 240 g/mol. The molecule has 1 aliphatic heterocycles. The van der Waals surface area contributed by atoms with Crippen LogP contribution in [0.25, 0.3) is 10.8 Å². The van der Waals surface area contributed by atoms with Gasteiger partial charge in [0.1, 0.15) is 6.10 Å². The van der Waals surface area contributed by atoms with Gasteiger partial charge in [0.05, 0.1) is 6.42 Å². The molecule has 0 aromatic heterocycles. The summed E-state index contributed by atoms with van der Waals surface area (Å²) in [5.41, 5.74) is 0.648. The molecular formula is C16H12O3. The van der Waals surface area contributed by atoms with Gasteiger partial charge in [-0.15, -0.1) is 0 Å². The zero-order valence-electron chi connectivity index (χ0n) is 10.2. The van der Waals surface area contributed by atoms with Crippen LogP contribution in [-0.4, -0.2) is 17.9 Å². The third-order valence-electron chi connectivity index (χ3n) is 3.17. The van der Waals surface area contributed by atoms with E-state index in [1.165, 1.54) is 6.08 Å². The summed E-state index contributed by atoms with van der Waals surface area (Å²) in [5, 5.41) is 2.14. The number of benzene rings is 2. The van der Waals surface area contributed by atoms with Crippen LogP contribution in [0.3, 0.4) is 0 Å². The molecule has 0 fully saturated rings. The number of ketones is 1. The largest absolute Gasteiger partial charge is 0.454 e. The Morgan fingerprint density at radius 2 is 1.89 bits per heavy atom. The Hall–Kier alpha value is -2.42. The molecule has 0 unspecified atom stereocenters. The third kappa shape index (κ3) is 2.40. The van der Waals surface area contributed by atoms with Crippen LogP contribution in [-0.2, 0) is 9.53 Å². The summed E-state index contributed by atoms with van der Waals surface area (Å²) in [6.07, 6.45) is 2.76. The standard InChI is InChI=1S/C16H12O3/c17-15(10-14-7-8-16(18)19-14)13-6-5-11-3-1-2-4-12(11)9-13/h1-9,14H,10H2/t14-/m0/s1. The lowest BCUT2D eigenvalue weighted by Gasteiger charge is -2.08. The minimum absolute atomic E-state index is 0.0184. The summed E-state index contributed by atoms with van der Waals surface area (Å²) in [7, 11) is 0. The van der Waals surface area contributed by atoms with E-state index in [0.717, 1.165) is 10.8 Å². The molecule has 1 atom stereocenters. The Kier molecular flexibility index (Phi) is 2.88. The van der Waals surface area contributed by atoms with Crippen molar-refractivity contribution in [2.75, 3.05) is 0 Å². The number of fused-ring (bicyclic) bond motifs is 1. The quantitative estimate of drug-likeness (QED) is 0.623. The van der Waals surface area contributed by atoms with E-state index in [1.807, 2.05) is 42.5 Å². The lowest BCUT2D eigenvalue weighted by Crippen LogP contribution is -2.13. The van der Waals surface area contributed by atoms with Crippen LogP contribution in [0, 0.1) is 0 Å². The van der Waals surface area contributed by atoms with Crippen molar-refractivity contribution in [3.63, 3.8) is 0 Å². The lowest BCUT2D eigenvalue weighted by molar-refractivity contribution is -0.138. The minimum atomic E-state index is -0.425. The first-order valence-corrected chi connectivity index (χ1v) is 6.13. The number of carbonyl (C=O) groups is 2. The maximum absolute atomic E-state index is 12.1. The summed E-state index contributed by atoms with van der Waals surface area (Å²) in [6, 6.07) is 13.5. The second-order valence-corrected chi connectivity index (χ2v) is 4.52. The van der Waals surface area contributed by atoms with Crippen LogP contribution in [0.2, 0.25) is 0 Å². The van der Waals surface area contributed by atoms with Gasteiger partial charge in [-0.3, -0.25) is 4.79 Å². The molecule has 0 bridgehead atoms. The fourth-order valence-electron chi connectivity index (χ4n) is 2.19. The zero-order valence-corrected chi connectivity index (χ0v) is 10.2. The Morgan fingerprint density at radius 1 is 1.11 bits per heavy atom. The Labute approximate surface area is 110 Å². The number of hydrogen-bond donors (Lipinski definition) is 0. The van der Waals surface area contributed by atoms with E-state index in [9.17, 15) is 9.59 Å². The number of Topliss-reactive ketones (excluding diaryl/α,β-unsaturated/α-hetero) is 1. The molecule has 94 valence electrons. The van der Waals surface area contributed by atoms with Gasteiger partial charge in [-0.05, 0) is 22.9 Å². The van der Waals surface area contributed by atoms with Gasteiger partial charge in [0, 0.05) is 11.6 Å². The first kappa shape index (κ1) is 11.7. The van der Waals surface area contributed by atoms with E-state index in [2.05, 4.69) is 0 Å². The van der Waals surface area contributed by atoms with E-state index in [4.69, 9.17) is 4.74 Å². The summed E-state index contributed by atoms with van der Waals surface area (Å²) >= 11 is 0. The molecule has 3 heteroatoms. The fraction of sp³-hybridized carbons (Fsp3) is 0.125. The van der Waals surface area contributed by atoms with Crippen molar-refractivity contribution in [2.45, 2.75) is 12.5 Å². The summed E-state index contributed by atoms with van der Waals surface area (Å²) in [6.45, 7) is 0. The van der Waals surface area contributed by atoms with Crippen LogP contribution < -0.4 is 0 Å². The molecule has 0 saturated carbocycles. The molecule has 1 heterocycles. The summed E-state index contributed by atoms with van der Waals surface area (Å²) in [5.74, 6) is -0.397. The molecule has 2 aromatic carbocycles. The van der Waals surface area contributed by atoms with Gasteiger partial charge in [0.2, 0.25) is 0 Å². The van der Waals surface area contributed by atoms with Crippen molar-refractivity contribution in [3.8, 4) is 0 Å². The number of ether oxygens (including phenoxy) is 1. The number of hydrogen-bond acceptors (Lipinski definition) is 3. The molecule has 1 aliphatic rings. The van der Waals surface area contributed by atoms with Gasteiger partial charge in [-0.25, -0.2) is 4.79 Å². The van der Waals surface area contributed by atoms with E-state index in [1.54, 1.807) is 6.08 Å². The Balaban J connectivity index is 1.81. The van der Waals surface area contributed by atoms with Crippen molar-refractivity contribution in [3.05, 3.63) is 60.2 Å². The molecule has 0 saturated heterocycles. The highest BCUT2D eigenvalue weighted by atomic mass is 16.5. The van der Waals surface area contributed by atoms with Crippen molar-refractivity contribution < 1.29 is 14.3 Å². The van der Waals surface area contributed by atoms with Crippen molar-refractivity contribution in [1.29, 1.82) is 0 Å². The first-order chi connectivity index (χ1) is 9.22. The SMILES string of the molecule is O=C1C=C[C@@H](CC(=O)c2ccc3ccccc3c2)O1. The molecule has 0 radical (unpaired) electrons. The molecule has 0 aliphatic carbocycles. The van der Waals surface area contributed by atoms with Crippen molar-refractivity contribution in [1.82, 2.24) is 0 Å². The average Bonchev–Trinajstić information content (AvgIpc) is 2.83. The molecule has 2 aromatic rings. The topological polar surface area (TPSA) is 43.4 Å². The van der Waals surface area contributed by atoms with Crippen LogP contribution in [0.4, 0.5) is 0 Å². The van der Waals surface area contributed by atoms with E-state index < -0.39 is 6.10 Å². The van der Waals surface area contributed by atoms with Crippen LogP contribution in [0.15, 0.2) is 54.6 Å². The third-order valence-corrected chi connectivity index (χ3v) is 3.17. The normalized spacial score (nSPS) is 17.7. The Morgan fingerprint density at radius 3 is 2.63 bits per heavy atom. The van der Waals surface area contributed by atoms with E-state index >= 15 is 0 Å². The molecule has 3 rings (SSSR count). The van der Waals surface area contributed by atoms with Gasteiger partial charge in [-0.1, -0.05) is 36.4 Å². The first-order valence-electron chi connectivity index (χ1n) is 6.13. The number of cyclic esters (lactones) is 1. The fourth-order valence-corrected chi connectivity index (χ4v) is 2.19. The number of esters is 1. The second kappa shape index (κ2) is 4.69. The highest BCUT2D eigenvalue weighted by molar-refractivity contribution is 6.00. The highest BCUT2D eigenvalue weighted by Gasteiger charge is 2.20. The lowest BCUT2D eigenvalue weighted by atomic mass is 10.0. The molecule has 0 spiro atoms. The predicted molar refractivity (Wildman–Crippen MR) is 71.9 cm³/mol. The maximum Gasteiger partial charge on any atom is 0.331 e. The second-order valence-electron chi connectivity index (χ2n) is 4.52. The maximum atomic E-state index is 12.1. The molecule has 0 amide bonds. The monoisotopic (exact) mass is 252 g/mol. The zero-order chi connectivity index (χ0) is 13.2. The molecule has 3 nitrogen and oxygen atoms in total. The van der Waals surface area contributed by atoms with E-state index in [0.29, 0.717) is 5.56 Å². The van der Waals surface area contributed by atoms with Crippen molar-refractivity contribution in [2.24, 2.45) is 0 Å². The highest BCUT2D eigenvalue weighted by Crippen LogP contribution is 2.18. The molecule has 19 heavy (non-hydrogen) atoms. The van der Waals surface area contributed by atoms with Crippen LogP contribution in [0.5, 0.6) is 0 Å². The van der Waals surface area contributed by atoms with Gasteiger partial charge < -0.3 is 4.74 Å². The number of carbonyl (C=O) groups excluding carboxylic acids is 2. The van der Waals surface area contributed by atoms with Crippen LogP contribution >= 0.6 is 0 Å². The van der Waals surface area contributed by atoms with Gasteiger partial charge in [0.25, 0.3) is 0 Å². The van der Waals surface area contributed by atoms with Gasteiger partial charge in [-0.2, -0.15) is 0 Å². The van der Waals surface area contributed by atoms with E-state index in [-0.39, 0.29) is 18.2 Å². The number of rotatable bonds is 3. The minimum Gasteiger partial charge on any atom is -0.454 e. The smallest absolute Gasteiger partial charge is 0.331 e. The predicted octanol–water partition coefficient (Wildman–Crippen LogP) is 2.89. The molecule has 0 N–H and O–H groups in total. The summed E-state index contributed by atoms with van der Waals surface area (Å²) in [4.78, 5) is 23.1. The average molecular weight is 252 g/mol. The van der Waals surface area contributed by atoms with Gasteiger partial charge >= 0.3 is 5.97 Å². The van der Waals surface area contributed by atoms with Crippen molar-refractivity contribution >= 4 is 22.5 Å². The van der Waals surface area contributed by atoms with Gasteiger partial charge in [0.15, 0.2) is 5.78 Å². The summed E-state index contributed by atoms with van der Waals surface area (Å²) < 4.78 is 4.97. The Bertz CT molecular complexity index is 685.